The van der Waals surface area contributed by atoms with Gasteiger partial charge in [-0.3, -0.25) is 9.59 Å². The first-order chi connectivity index (χ1) is 8.18. The first-order valence-corrected chi connectivity index (χ1v) is 5.32. The number of rotatable bonds is 1. The van der Waals surface area contributed by atoms with Crippen LogP contribution in [0.1, 0.15) is 5.69 Å². The molecule has 0 radical (unpaired) electrons. The molecule has 0 saturated carbocycles. The van der Waals surface area contributed by atoms with E-state index in [2.05, 4.69) is 0 Å². The van der Waals surface area contributed by atoms with E-state index in [-0.39, 0.29) is 11.1 Å². The molecule has 0 spiro atoms. The lowest BCUT2D eigenvalue weighted by atomic mass is 10.1. The number of aromatic nitrogens is 2. The third-order valence-electron chi connectivity index (χ3n) is 2.84. The molecule has 4 heteroatoms. The van der Waals surface area contributed by atoms with Crippen molar-refractivity contribution >= 4 is 0 Å². The summed E-state index contributed by atoms with van der Waals surface area (Å²) in [7, 11) is 0. The van der Waals surface area contributed by atoms with Crippen molar-refractivity contribution in [1.29, 1.82) is 0 Å². The molecule has 0 aliphatic carbocycles. The summed E-state index contributed by atoms with van der Waals surface area (Å²) in [6, 6.07) is 12.4. The molecular weight excluding hydrogens is 216 g/mol. The van der Waals surface area contributed by atoms with E-state index in [4.69, 9.17) is 0 Å². The smallest absolute Gasteiger partial charge is 0.267 e. The number of fused-ring (bicyclic) bond motifs is 1. The quantitative estimate of drug-likeness (QED) is 0.625. The number of aryl methyl sites for hydroxylation is 1. The van der Waals surface area contributed by atoms with Crippen LogP contribution in [0.15, 0.2) is 52.1 Å². The van der Waals surface area contributed by atoms with Gasteiger partial charge in [-0.15, -0.1) is 0 Å². The standard InChI is InChI=1S/C13H10N2O2/c1-9-7-12(16)15-11(8-13(17)14(9)15)10-5-3-2-4-6-10/h2-8H,1H3. The van der Waals surface area contributed by atoms with Gasteiger partial charge < -0.3 is 0 Å². The van der Waals surface area contributed by atoms with E-state index in [1.807, 2.05) is 30.3 Å². The summed E-state index contributed by atoms with van der Waals surface area (Å²) in [5, 5.41) is 0. The predicted octanol–water partition coefficient (Wildman–Crippen LogP) is 1.17. The second-order valence-corrected chi connectivity index (χ2v) is 3.98. The molecule has 0 fully saturated rings. The van der Waals surface area contributed by atoms with E-state index < -0.39 is 0 Å². The zero-order chi connectivity index (χ0) is 12.0. The Bertz CT molecular complexity index is 782. The zero-order valence-corrected chi connectivity index (χ0v) is 9.25. The zero-order valence-electron chi connectivity index (χ0n) is 9.25. The fourth-order valence-corrected chi connectivity index (χ4v) is 2.11. The van der Waals surface area contributed by atoms with Gasteiger partial charge in [0.15, 0.2) is 0 Å². The topological polar surface area (TPSA) is 43.0 Å². The minimum atomic E-state index is -0.177. The minimum Gasteiger partial charge on any atom is -0.267 e. The van der Waals surface area contributed by atoms with Crippen LogP contribution in [0.5, 0.6) is 0 Å². The molecule has 0 unspecified atom stereocenters. The molecule has 0 N–H and O–H groups in total. The highest BCUT2D eigenvalue weighted by atomic mass is 16.2. The van der Waals surface area contributed by atoms with E-state index in [0.29, 0.717) is 11.4 Å². The van der Waals surface area contributed by atoms with Crippen LogP contribution in [0, 0.1) is 6.92 Å². The number of hydrogen-bond acceptors (Lipinski definition) is 2. The Hall–Kier alpha value is -2.36. The first kappa shape index (κ1) is 9.84. The van der Waals surface area contributed by atoms with Gasteiger partial charge in [0.2, 0.25) is 0 Å². The Kier molecular flexibility index (Phi) is 1.92. The highest BCUT2D eigenvalue weighted by Gasteiger charge is 2.13. The van der Waals surface area contributed by atoms with Gasteiger partial charge in [0.25, 0.3) is 11.1 Å². The lowest BCUT2D eigenvalue weighted by Gasteiger charge is -1.98. The van der Waals surface area contributed by atoms with Crippen molar-refractivity contribution in [1.82, 2.24) is 9.03 Å². The summed E-state index contributed by atoms with van der Waals surface area (Å²) in [4.78, 5) is 23.6. The van der Waals surface area contributed by atoms with Crippen LogP contribution in [-0.2, 0) is 0 Å². The molecule has 0 bridgehead atoms. The molecule has 2 aromatic heterocycles. The van der Waals surface area contributed by atoms with E-state index in [9.17, 15) is 9.59 Å². The third-order valence-corrected chi connectivity index (χ3v) is 2.84. The molecule has 0 atom stereocenters. The minimum absolute atomic E-state index is 0.177. The van der Waals surface area contributed by atoms with Crippen LogP contribution in [0.3, 0.4) is 0 Å². The second kappa shape index (κ2) is 3.31. The monoisotopic (exact) mass is 226 g/mol. The van der Waals surface area contributed by atoms with Gasteiger partial charge in [0.05, 0.1) is 5.69 Å². The van der Waals surface area contributed by atoms with Crippen LogP contribution < -0.4 is 11.1 Å². The Morgan fingerprint density at radius 1 is 0.882 bits per heavy atom. The first-order valence-electron chi connectivity index (χ1n) is 5.32. The molecule has 0 amide bonds. The predicted molar refractivity (Wildman–Crippen MR) is 64.7 cm³/mol. The molecule has 3 aromatic rings. The maximum Gasteiger partial charge on any atom is 0.272 e. The van der Waals surface area contributed by atoms with Crippen molar-refractivity contribution in [3.8, 4) is 11.3 Å². The summed E-state index contributed by atoms with van der Waals surface area (Å²) in [5.74, 6) is 0. The third kappa shape index (κ3) is 1.30. The van der Waals surface area contributed by atoms with Gasteiger partial charge in [-0.25, -0.2) is 9.03 Å². The van der Waals surface area contributed by atoms with Gasteiger partial charge in [-0.1, -0.05) is 30.3 Å². The molecule has 1 aromatic carbocycles. The Balaban J connectivity index is 2.47. The fourth-order valence-electron chi connectivity index (χ4n) is 2.11. The van der Waals surface area contributed by atoms with Crippen molar-refractivity contribution in [2.24, 2.45) is 0 Å². The van der Waals surface area contributed by atoms with E-state index in [1.165, 1.54) is 21.2 Å². The lowest BCUT2D eigenvalue weighted by molar-refractivity contribution is 0.791. The Morgan fingerprint density at radius 3 is 2.24 bits per heavy atom. The Labute approximate surface area is 96.7 Å². The van der Waals surface area contributed by atoms with Crippen LogP contribution >= 0.6 is 0 Å². The van der Waals surface area contributed by atoms with Crippen LogP contribution in [0.2, 0.25) is 0 Å². The largest absolute Gasteiger partial charge is 0.272 e. The van der Waals surface area contributed by atoms with Gasteiger partial charge in [-0.05, 0) is 6.92 Å². The van der Waals surface area contributed by atoms with Gasteiger partial charge in [0.1, 0.15) is 0 Å². The van der Waals surface area contributed by atoms with Gasteiger partial charge in [0, 0.05) is 23.4 Å². The SMILES string of the molecule is Cc1cc(=O)n2c(-c3ccccc3)cc(=O)n12. The van der Waals surface area contributed by atoms with Crippen molar-refractivity contribution < 1.29 is 0 Å². The molecule has 0 aliphatic rings. The molecule has 84 valence electrons. The molecule has 2 heterocycles. The van der Waals surface area contributed by atoms with Crippen molar-refractivity contribution in [2.75, 3.05) is 0 Å². The summed E-state index contributed by atoms with van der Waals surface area (Å²) in [6.07, 6.45) is 0. The number of benzene rings is 1. The number of nitrogens with zero attached hydrogens (tertiary/aromatic N) is 2. The maximum atomic E-state index is 11.8. The van der Waals surface area contributed by atoms with Crippen molar-refractivity contribution in [3.63, 3.8) is 0 Å². The summed E-state index contributed by atoms with van der Waals surface area (Å²) < 4.78 is 2.80. The molecule has 3 rings (SSSR count). The average Bonchev–Trinajstić information content (AvgIpc) is 2.81. The summed E-state index contributed by atoms with van der Waals surface area (Å²) >= 11 is 0. The Morgan fingerprint density at radius 2 is 1.53 bits per heavy atom. The van der Waals surface area contributed by atoms with Gasteiger partial charge >= 0.3 is 0 Å². The van der Waals surface area contributed by atoms with Crippen molar-refractivity contribution in [3.05, 3.63) is 68.9 Å². The molecule has 17 heavy (non-hydrogen) atoms. The number of hydrogen-bond donors (Lipinski definition) is 0. The molecule has 4 nitrogen and oxygen atoms in total. The molecule has 0 saturated heterocycles. The normalized spacial score (nSPS) is 11.1. The van der Waals surface area contributed by atoms with E-state index in [0.717, 1.165) is 5.56 Å². The van der Waals surface area contributed by atoms with Gasteiger partial charge in [-0.2, -0.15) is 0 Å². The van der Waals surface area contributed by atoms with E-state index >= 15 is 0 Å². The maximum absolute atomic E-state index is 11.8. The molecule has 0 aliphatic heterocycles. The molecular formula is C13H10N2O2. The summed E-state index contributed by atoms with van der Waals surface area (Å²) in [6.45, 7) is 1.75. The van der Waals surface area contributed by atoms with Crippen LogP contribution in [0.25, 0.3) is 11.3 Å². The van der Waals surface area contributed by atoms with Crippen molar-refractivity contribution in [2.45, 2.75) is 6.92 Å². The average molecular weight is 226 g/mol. The van der Waals surface area contributed by atoms with Crippen LogP contribution in [0.4, 0.5) is 0 Å². The highest BCUT2D eigenvalue weighted by molar-refractivity contribution is 5.59. The second-order valence-electron chi connectivity index (χ2n) is 3.98. The van der Waals surface area contributed by atoms with Crippen LogP contribution in [-0.4, -0.2) is 9.03 Å². The fraction of sp³-hybridized carbons (Fsp3) is 0.0769. The highest BCUT2D eigenvalue weighted by Crippen LogP contribution is 2.16. The van der Waals surface area contributed by atoms with E-state index in [1.54, 1.807) is 6.92 Å². The summed E-state index contributed by atoms with van der Waals surface area (Å²) in [5.41, 5.74) is 1.79. The lowest BCUT2D eigenvalue weighted by Crippen LogP contribution is -2.14.